The molecule has 22 heavy (non-hydrogen) atoms. The summed E-state index contributed by atoms with van der Waals surface area (Å²) in [5.41, 5.74) is -0.0533. The van der Waals surface area contributed by atoms with E-state index in [-0.39, 0.29) is 12.7 Å². The van der Waals surface area contributed by atoms with Crippen molar-refractivity contribution in [2.45, 2.75) is 39.2 Å². The molecule has 0 radical (unpaired) electrons. The zero-order valence-electron chi connectivity index (χ0n) is 13.6. The number of hydrogen-bond donors (Lipinski definition) is 0. The van der Waals surface area contributed by atoms with Crippen molar-refractivity contribution < 1.29 is 14.3 Å². The highest BCUT2D eigenvalue weighted by Gasteiger charge is 2.23. The van der Waals surface area contributed by atoms with Crippen LogP contribution < -0.4 is 4.74 Å². The van der Waals surface area contributed by atoms with Gasteiger partial charge in [0.1, 0.15) is 18.3 Å². The zero-order valence-corrected chi connectivity index (χ0v) is 13.6. The first kappa shape index (κ1) is 17.8. The molecule has 0 aliphatic carbocycles. The van der Waals surface area contributed by atoms with Crippen LogP contribution in [0, 0.1) is 11.3 Å². The lowest BCUT2D eigenvalue weighted by molar-refractivity contribution is 0.0107. The van der Waals surface area contributed by atoms with Gasteiger partial charge in [-0.25, -0.2) is 4.79 Å². The number of amides is 1. The van der Waals surface area contributed by atoms with E-state index in [0.717, 1.165) is 12.8 Å². The molecule has 0 unspecified atom stereocenters. The van der Waals surface area contributed by atoms with Crippen molar-refractivity contribution in [1.82, 2.24) is 9.88 Å². The van der Waals surface area contributed by atoms with Crippen LogP contribution in [-0.2, 0) is 4.74 Å². The van der Waals surface area contributed by atoms with Crippen LogP contribution >= 0.6 is 0 Å². The van der Waals surface area contributed by atoms with Gasteiger partial charge in [0.2, 0.25) is 0 Å². The van der Waals surface area contributed by atoms with Crippen molar-refractivity contribution in [3.63, 3.8) is 0 Å². The molecule has 0 spiro atoms. The van der Waals surface area contributed by atoms with Gasteiger partial charge in [-0.15, -0.1) is 0 Å². The van der Waals surface area contributed by atoms with Crippen molar-refractivity contribution in [2.24, 2.45) is 0 Å². The summed E-state index contributed by atoms with van der Waals surface area (Å²) in [6.45, 7) is 6.47. The number of aromatic nitrogens is 1. The maximum absolute atomic E-state index is 12.0. The number of nitriles is 1. The van der Waals surface area contributed by atoms with Gasteiger partial charge >= 0.3 is 6.09 Å². The predicted octanol–water partition coefficient (Wildman–Crippen LogP) is 2.98. The Labute approximate surface area is 131 Å². The Morgan fingerprint density at radius 2 is 2.23 bits per heavy atom. The minimum absolute atomic E-state index is 0.264. The Hall–Kier alpha value is -2.29. The fraction of sp³-hybridized carbons (Fsp3) is 0.562. The maximum Gasteiger partial charge on any atom is 0.410 e. The summed E-state index contributed by atoms with van der Waals surface area (Å²) in [6.07, 6.45) is 4.40. The van der Waals surface area contributed by atoms with Gasteiger partial charge < -0.3 is 14.4 Å². The molecule has 0 saturated heterocycles. The lowest BCUT2D eigenvalue weighted by Crippen LogP contribution is -2.37. The summed E-state index contributed by atoms with van der Waals surface area (Å²) in [5.74, 6) is 0.415. The third-order valence-electron chi connectivity index (χ3n) is 3.12. The van der Waals surface area contributed by atoms with Crippen LogP contribution in [-0.4, -0.2) is 41.8 Å². The van der Waals surface area contributed by atoms with E-state index >= 15 is 0 Å². The van der Waals surface area contributed by atoms with E-state index in [4.69, 9.17) is 14.7 Å². The number of pyridine rings is 1. The Morgan fingerprint density at radius 1 is 1.50 bits per heavy atom. The first-order valence-corrected chi connectivity index (χ1v) is 7.30. The van der Waals surface area contributed by atoms with E-state index in [0.29, 0.717) is 17.9 Å². The number of rotatable bonds is 7. The lowest BCUT2D eigenvalue weighted by atomic mass is 10.0. The Bertz CT molecular complexity index is 538. The maximum atomic E-state index is 12.0. The fourth-order valence-electron chi connectivity index (χ4n) is 1.94. The summed E-state index contributed by atoms with van der Waals surface area (Å²) in [6, 6.07) is 3.62. The van der Waals surface area contributed by atoms with Gasteiger partial charge in [-0.1, -0.05) is 13.3 Å². The monoisotopic (exact) mass is 305 g/mol. The van der Waals surface area contributed by atoms with Crippen molar-refractivity contribution in [3.05, 3.63) is 24.0 Å². The number of likely N-dealkylation sites (N-methyl/N-ethyl adjacent to an activating group) is 1. The normalized spacial score (nSPS) is 10.7. The van der Waals surface area contributed by atoms with E-state index in [2.05, 4.69) is 4.98 Å². The summed E-state index contributed by atoms with van der Waals surface area (Å²) in [4.78, 5) is 17.4. The second kappa shape index (κ2) is 8.23. The van der Waals surface area contributed by atoms with Gasteiger partial charge in [0.05, 0.1) is 18.3 Å². The van der Waals surface area contributed by atoms with Crippen LogP contribution in [0.25, 0.3) is 0 Å². The first-order valence-electron chi connectivity index (χ1n) is 7.30. The predicted molar refractivity (Wildman–Crippen MR) is 82.5 cm³/mol. The van der Waals surface area contributed by atoms with Crippen LogP contribution in [0.15, 0.2) is 18.5 Å². The van der Waals surface area contributed by atoms with Gasteiger partial charge in [-0.2, -0.15) is 5.26 Å². The molecule has 0 aliphatic rings. The number of ether oxygens (including phenoxy) is 2. The average Bonchev–Trinajstić information content (AvgIpc) is 2.46. The molecular weight excluding hydrogens is 282 g/mol. The smallest absolute Gasteiger partial charge is 0.410 e. The van der Waals surface area contributed by atoms with Gasteiger partial charge in [-0.05, 0) is 26.3 Å². The quantitative estimate of drug-likeness (QED) is 0.774. The SMILES string of the molecule is CCCC(C)(C)OC(=O)N(C)CCOc1cnccc1C#N. The molecule has 0 aliphatic heterocycles. The van der Waals surface area contributed by atoms with Crippen LogP contribution in [0.4, 0.5) is 4.79 Å². The van der Waals surface area contributed by atoms with Crippen molar-refractivity contribution in [1.29, 1.82) is 5.26 Å². The molecule has 0 bridgehead atoms. The highest BCUT2D eigenvalue weighted by Crippen LogP contribution is 2.18. The fourth-order valence-corrected chi connectivity index (χ4v) is 1.94. The van der Waals surface area contributed by atoms with E-state index in [9.17, 15) is 4.79 Å². The largest absolute Gasteiger partial charge is 0.489 e. The second-order valence-corrected chi connectivity index (χ2v) is 5.63. The molecule has 120 valence electrons. The van der Waals surface area contributed by atoms with Gasteiger partial charge in [0.25, 0.3) is 0 Å². The first-order chi connectivity index (χ1) is 10.4. The molecule has 0 saturated carbocycles. The molecule has 0 fully saturated rings. The van der Waals surface area contributed by atoms with Crippen LogP contribution in [0.3, 0.4) is 0 Å². The third kappa shape index (κ3) is 5.60. The van der Waals surface area contributed by atoms with E-state index in [1.165, 1.54) is 17.3 Å². The molecule has 1 heterocycles. The molecular formula is C16H23N3O3. The minimum atomic E-state index is -0.474. The highest BCUT2D eigenvalue weighted by atomic mass is 16.6. The summed E-state index contributed by atoms with van der Waals surface area (Å²) >= 11 is 0. The van der Waals surface area contributed by atoms with Crippen molar-refractivity contribution in [2.75, 3.05) is 20.2 Å². The third-order valence-corrected chi connectivity index (χ3v) is 3.12. The number of carbonyl (C=O) groups excluding carboxylic acids is 1. The number of nitrogens with zero attached hydrogens (tertiary/aromatic N) is 3. The van der Waals surface area contributed by atoms with Crippen LogP contribution in [0.1, 0.15) is 39.2 Å². The Balaban J connectivity index is 2.44. The molecule has 6 heteroatoms. The Kier molecular flexibility index (Phi) is 6.64. The number of carbonyl (C=O) groups is 1. The molecule has 0 N–H and O–H groups in total. The molecule has 1 amide bonds. The number of hydrogen-bond acceptors (Lipinski definition) is 5. The van der Waals surface area contributed by atoms with Crippen molar-refractivity contribution >= 4 is 6.09 Å². The highest BCUT2D eigenvalue weighted by molar-refractivity contribution is 5.67. The van der Waals surface area contributed by atoms with Gasteiger partial charge in [0.15, 0.2) is 5.75 Å². The summed E-state index contributed by atoms with van der Waals surface area (Å²) in [7, 11) is 1.65. The Morgan fingerprint density at radius 3 is 2.86 bits per heavy atom. The topological polar surface area (TPSA) is 75.4 Å². The molecule has 1 aromatic rings. The standard InChI is InChI=1S/C16H23N3O3/c1-5-7-16(2,3)22-15(20)19(4)9-10-21-14-12-18-8-6-13(14)11-17/h6,8,12H,5,7,9-10H2,1-4H3. The molecule has 1 rings (SSSR count). The minimum Gasteiger partial charge on any atom is -0.489 e. The lowest BCUT2D eigenvalue weighted by Gasteiger charge is -2.27. The summed E-state index contributed by atoms with van der Waals surface area (Å²) < 4.78 is 10.9. The molecule has 6 nitrogen and oxygen atoms in total. The second-order valence-electron chi connectivity index (χ2n) is 5.63. The van der Waals surface area contributed by atoms with Gasteiger partial charge in [-0.3, -0.25) is 4.98 Å². The van der Waals surface area contributed by atoms with Gasteiger partial charge in [0, 0.05) is 13.2 Å². The van der Waals surface area contributed by atoms with E-state index < -0.39 is 5.60 Å². The van der Waals surface area contributed by atoms with Crippen LogP contribution in [0.2, 0.25) is 0 Å². The van der Waals surface area contributed by atoms with Crippen molar-refractivity contribution in [3.8, 4) is 11.8 Å². The van der Waals surface area contributed by atoms with Crippen LogP contribution in [0.5, 0.6) is 5.75 Å². The molecule has 0 aromatic carbocycles. The molecule has 0 atom stereocenters. The van der Waals surface area contributed by atoms with E-state index in [1.54, 1.807) is 13.1 Å². The summed E-state index contributed by atoms with van der Waals surface area (Å²) in [5, 5.41) is 8.95. The average molecular weight is 305 g/mol. The zero-order chi connectivity index (χ0) is 16.6. The molecule has 1 aromatic heterocycles. The van der Waals surface area contributed by atoms with E-state index in [1.807, 2.05) is 26.8 Å².